The number of ether oxygens (including phenoxy) is 1. The van der Waals surface area contributed by atoms with E-state index in [2.05, 4.69) is 5.32 Å². The van der Waals surface area contributed by atoms with Crippen LogP contribution in [0.4, 0.5) is 14.9 Å². The topological polar surface area (TPSA) is 61.8 Å². The summed E-state index contributed by atoms with van der Waals surface area (Å²) < 4.78 is 18.3. The second kappa shape index (κ2) is 7.58. The molecule has 6 heteroatoms. The molecule has 1 aromatic carbocycles. The predicted molar refractivity (Wildman–Crippen MR) is 70.9 cm³/mol. The van der Waals surface area contributed by atoms with Crippen LogP contribution in [0, 0.1) is 5.82 Å². The fourth-order valence-corrected chi connectivity index (χ4v) is 1.65. The molecular weight excluding hydrogens is 251 g/mol. The Morgan fingerprint density at radius 1 is 1.47 bits per heavy atom. The monoisotopic (exact) mass is 270 g/mol. The highest BCUT2D eigenvalue weighted by Crippen LogP contribution is 2.20. The Morgan fingerprint density at radius 2 is 2.21 bits per heavy atom. The lowest BCUT2D eigenvalue weighted by atomic mass is 10.3. The zero-order chi connectivity index (χ0) is 14.3. The number of carbonyl (C=O) groups is 1. The molecule has 106 valence electrons. The highest BCUT2D eigenvalue weighted by atomic mass is 19.1. The van der Waals surface area contributed by atoms with Gasteiger partial charge in [0.1, 0.15) is 0 Å². The summed E-state index contributed by atoms with van der Waals surface area (Å²) in [6, 6.07) is 3.84. The van der Waals surface area contributed by atoms with E-state index in [4.69, 9.17) is 9.84 Å². The standard InChI is InChI=1S/C13H19FN2O3/c1-3-6-16(7-8-17)13(18)15-10-4-5-12(19-2)11(14)9-10/h4-5,9,17H,3,6-8H2,1-2H3,(H,15,18). The minimum atomic E-state index is -0.538. The number of urea groups is 1. The van der Waals surface area contributed by atoms with Gasteiger partial charge in [-0.3, -0.25) is 0 Å². The van der Waals surface area contributed by atoms with Gasteiger partial charge in [0.05, 0.1) is 13.7 Å². The average molecular weight is 270 g/mol. The van der Waals surface area contributed by atoms with Crippen LogP contribution >= 0.6 is 0 Å². The largest absolute Gasteiger partial charge is 0.494 e. The van der Waals surface area contributed by atoms with Crippen molar-refractivity contribution in [2.24, 2.45) is 0 Å². The number of aliphatic hydroxyl groups is 1. The zero-order valence-electron chi connectivity index (χ0n) is 11.1. The number of hydrogen-bond acceptors (Lipinski definition) is 3. The van der Waals surface area contributed by atoms with E-state index in [-0.39, 0.29) is 24.9 Å². The maximum Gasteiger partial charge on any atom is 0.321 e. The molecule has 0 spiro atoms. The number of carbonyl (C=O) groups excluding carboxylic acids is 1. The number of benzene rings is 1. The highest BCUT2D eigenvalue weighted by Gasteiger charge is 2.13. The molecule has 0 saturated heterocycles. The van der Waals surface area contributed by atoms with E-state index in [9.17, 15) is 9.18 Å². The molecule has 0 atom stereocenters. The number of anilines is 1. The molecule has 0 unspecified atom stereocenters. The molecule has 19 heavy (non-hydrogen) atoms. The summed E-state index contributed by atoms with van der Waals surface area (Å²) >= 11 is 0. The first-order valence-corrected chi connectivity index (χ1v) is 6.12. The molecule has 1 rings (SSSR count). The molecule has 0 heterocycles. The quantitative estimate of drug-likeness (QED) is 0.832. The number of rotatable bonds is 6. The van der Waals surface area contributed by atoms with Crippen molar-refractivity contribution in [3.05, 3.63) is 24.0 Å². The first kappa shape index (κ1) is 15.2. The van der Waals surface area contributed by atoms with Gasteiger partial charge in [-0.05, 0) is 18.6 Å². The fourth-order valence-electron chi connectivity index (χ4n) is 1.65. The van der Waals surface area contributed by atoms with Crippen molar-refractivity contribution in [1.29, 1.82) is 0 Å². The van der Waals surface area contributed by atoms with Crippen LogP contribution < -0.4 is 10.1 Å². The van der Waals surface area contributed by atoms with Crippen LogP contribution in [0.1, 0.15) is 13.3 Å². The number of nitrogens with one attached hydrogen (secondary N) is 1. The third-order valence-electron chi connectivity index (χ3n) is 2.55. The van der Waals surface area contributed by atoms with Crippen molar-refractivity contribution < 1.29 is 19.0 Å². The third-order valence-corrected chi connectivity index (χ3v) is 2.55. The molecule has 2 amide bonds. The number of hydrogen-bond donors (Lipinski definition) is 2. The van der Waals surface area contributed by atoms with Crippen molar-refractivity contribution >= 4 is 11.7 Å². The van der Waals surface area contributed by atoms with Gasteiger partial charge in [-0.15, -0.1) is 0 Å². The molecule has 0 saturated carbocycles. The van der Waals surface area contributed by atoms with E-state index in [0.29, 0.717) is 12.2 Å². The minimum absolute atomic E-state index is 0.107. The van der Waals surface area contributed by atoms with Crippen LogP contribution in [0.15, 0.2) is 18.2 Å². The second-order valence-electron chi connectivity index (χ2n) is 3.99. The Hall–Kier alpha value is -1.82. The summed E-state index contributed by atoms with van der Waals surface area (Å²) in [5, 5.41) is 11.5. The first-order chi connectivity index (χ1) is 9.12. The lowest BCUT2D eigenvalue weighted by Crippen LogP contribution is -2.37. The van der Waals surface area contributed by atoms with E-state index < -0.39 is 5.82 Å². The predicted octanol–water partition coefficient (Wildman–Crippen LogP) is 2.07. The summed E-state index contributed by atoms with van der Waals surface area (Å²) in [5.74, 6) is -0.414. The van der Waals surface area contributed by atoms with E-state index >= 15 is 0 Å². The van der Waals surface area contributed by atoms with Gasteiger partial charge < -0.3 is 20.1 Å². The van der Waals surface area contributed by atoms with Crippen molar-refractivity contribution in [3.8, 4) is 5.75 Å². The molecule has 0 aliphatic heterocycles. The van der Waals surface area contributed by atoms with Crippen molar-refractivity contribution in [1.82, 2.24) is 4.90 Å². The number of aliphatic hydroxyl groups excluding tert-OH is 1. The third kappa shape index (κ3) is 4.40. The lowest BCUT2D eigenvalue weighted by molar-refractivity contribution is 0.188. The summed E-state index contributed by atoms with van der Waals surface area (Å²) in [4.78, 5) is 13.4. The number of nitrogens with zero attached hydrogens (tertiary/aromatic N) is 1. The Labute approximate surface area is 112 Å². The minimum Gasteiger partial charge on any atom is -0.494 e. The second-order valence-corrected chi connectivity index (χ2v) is 3.99. The molecule has 0 aliphatic rings. The van der Waals surface area contributed by atoms with Gasteiger partial charge in [-0.1, -0.05) is 6.92 Å². The number of halogens is 1. The molecule has 5 nitrogen and oxygen atoms in total. The van der Waals surface area contributed by atoms with E-state index in [1.54, 1.807) is 6.07 Å². The van der Waals surface area contributed by atoms with E-state index in [1.165, 1.54) is 24.1 Å². The molecule has 0 aromatic heterocycles. The number of methoxy groups -OCH3 is 1. The average Bonchev–Trinajstić information content (AvgIpc) is 2.38. The fraction of sp³-hybridized carbons (Fsp3) is 0.462. The van der Waals surface area contributed by atoms with Crippen LogP contribution in [0.3, 0.4) is 0 Å². The summed E-state index contributed by atoms with van der Waals surface area (Å²) in [6.45, 7) is 2.61. The summed E-state index contributed by atoms with van der Waals surface area (Å²) in [7, 11) is 1.38. The molecule has 2 N–H and O–H groups in total. The van der Waals surface area contributed by atoms with Crippen LogP contribution in [0.2, 0.25) is 0 Å². The van der Waals surface area contributed by atoms with E-state index in [1.807, 2.05) is 6.92 Å². The van der Waals surface area contributed by atoms with E-state index in [0.717, 1.165) is 6.42 Å². The van der Waals surface area contributed by atoms with Crippen molar-refractivity contribution in [3.63, 3.8) is 0 Å². The van der Waals surface area contributed by atoms with Crippen molar-refractivity contribution in [2.75, 3.05) is 32.1 Å². The van der Waals surface area contributed by atoms with Crippen LogP contribution in [0.25, 0.3) is 0 Å². The maximum absolute atomic E-state index is 13.5. The smallest absolute Gasteiger partial charge is 0.321 e. The molecule has 0 fully saturated rings. The Bertz CT molecular complexity index is 420. The molecule has 1 aromatic rings. The normalized spacial score (nSPS) is 10.1. The first-order valence-electron chi connectivity index (χ1n) is 6.12. The highest BCUT2D eigenvalue weighted by molar-refractivity contribution is 5.89. The summed E-state index contributed by atoms with van der Waals surface area (Å²) in [5.41, 5.74) is 0.349. The molecular formula is C13H19FN2O3. The van der Waals surface area contributed by atoms with Gasteiger partial charge in [-0.2, -0.15) is 0 Å². The van der Waals surface area contributed by atoms with Gasteiger partial charge in [0.25, 0.3) is 0 Å². The van der Waals surface area contributed by atoms with Crippen LogP contribution in [0.5, 0.6) is 5.75 Å². The Morgan fingerprint density at radius 3 is 2.74 bits per heavy atom. The lowest BCUT2D eigenvalue weighted by Gasteiger charge is -2.21. The summed E-state index contributed by atoms with van der Waals surface area (Å²) in [6.07, 6.45) is 0.782. The van der Waals surface area contributed by atoms with Gasteiger partial charge in [0.2, 0.25) is 0 Å². The molecule has 0 radical (unpaired) electrons. The Balaban J connectivity index is 2.71. The van der Waals surface area contributed by atoms with Gasteiger partial charge in [-0.25, -0.2) is 9.18 Å². The van der Waals surface area contributed by atoms with Crippen LogP contribution in [-0.4, -0.2) is 42.8 Å². The van der Waals surface area contributed by atoms with Gasteiger partial charge in [0.15, 0.2) is 11.6 Å². The van der Waals surface area contributed by atoms with Gasteiger partial charge >= 0.3 is 6.03 Å². The Kier molecular flexibility index (Phi) is 6.08. The molecule has 0 bridgehead atoms. The molecule has 0 aliphatic carbocycles. The number of amides is 2. The van der Waals surface area contributed by atoms with Crippen LogP contribution in [-0.2, 0) is 0 Å². The van der Waals surface area contributed by atoms with Crippen molar-refractivity contribution in [2.45, 2.75) is 13.3 Å². The van der Waals surface area contributed by atoms with Gasteiger partial charge in [0, 0.05) is 24.8 Å². The SMILES string of the molecule is CCCN(CCO)C(=O)Nc1ccc(OC)c(F)c1. The maximum atomic E-state index is 13.5. The zero-order valence-corrected chi connectivity index (χ0v) is 11.1.